The summed E-state index contributed by atoms with van der Waals surface area (Å²) in [5.74, 6) is -1.29. The van der Waals surface area contributed by atoms with E-state index < -0.39 is 17.7 Å². The molecule has 1 saturated heterocycles. The third kappa shape index (κ3) is 3.59. The van der Waals surface area contributed by atoms with Crippen LogP contribution in [0.5, 0.6) is 5.75 Å². The largest absolute Gasteiger partial charge is 0.507 e. The van der Waals surface area contributed by atoms with Crippen molar-refractivity contribution in [3.63, 3.8) is 0 Å². The Morgan fingerprint density at radius 1 is 1.03 bits per heavy atom. The Balaban J connectivity index is 1.98. The number of ketones is 1. The molecule has 2 aromatic carbocycles. The maximum absolute atomic E-state index is 13.3. The maximum Gasteiger partial charge on any atom is 0.300 e. The number of hydrogen-bond acceptors (Lipinski definition) is 5. The van der Waals surface area contributed by atoms with Gasteiger partial charge in [-0.05, 0) is 79.2 Å². The van der Waals surface area contributed by atoms with Crippen molar-refractivity contribution in [2.24, 2.45) is 0 Å². The number of aliphatic hydroxyl groups is 1. The summed E-state index contributed by atoms with van der Waals surface area (Å²) >= 11 is 7.78. The second-order valence-corrected chi connectivity index (χ2v) is 9.11. The molecule has 164 valence electrons. The summed E-state index contributed by atoms with van der Waals surface area (Å²) in [6.07, 6.45) is 0. The van der Waals surface area contributed by atoms with Crippen LogP contribution >= 0.6 is 22.9 Å². The van der Waals surface area contributed by atoms with Crippen molar-refractivity contribution in [3.05, 3.63) is 85.6 Å². The third-order valence-electron chi connectivity index (χ3n) is 5.79. The van der Waals surface area contributed by atoms with Gasteiger partial charge in [-0.1, -0.05) is 17.7 Å². The van der Waals surface area contributed by atoms with Crippen LogP contribution in [0.15, 0.2) is 53.4 Å². The van der Waals surface area contributed by atoms with E-state index in [4.69, 9.17) is 16.3 Å². The molecule has 1 aliphatic heterocycles. The third-order valence-corrected chi connectivity index (χ3v) is 7.19. The Kier molecular flexibility index (Phi) is 5.84. The number of nitrogens with zero attached hydrogens (tertiary/aromatic N) is 1. The summed E-state index contributed by atoms with van der Waals surface area (Å²) in [6, 6.07) is 11.6. The molecule has 1 amide bonds. The van der Waals surface area contributed by atoms with Gasteiger partial charge in [0.15, 0.2) is 0 Å². The van der Waals surface area contributed by atoms with Gasteiger partial charge in [0.25, 0.3) is 11.7 Å². The van der Waals surface area contributed by atoms with Crippen molar-refractivity contribution in [1.82, 2.24) is 0 Å². The van der Waals surface area contributed by atoms with Gasteiger partial charge in [-0.3, -0.25) is 14.5 Å². The molecule has 1 N–H and O–H groups in total. The van der Waals surface area contributed by atoms with Crippen molar-refractivity contribution in [1.29, 1.82) is 0 Å². The molecule has 1 atom stereocenters. The highest BCUT2D eigenvalue weighted by molar-refractivity contribution is 7.10. The van der Waals surface area contributed by atoms with Crippen LogP contribution in [0.2, 0.25) is 5.02 Å². The van der Waals surface area contributed by atoms with Crippen molar-refractivity contribution in [2.45, 2.75) is 26.8 Å². The van der Waals surface area contributed by atoms with Crippen LogP contribution in [0.25, 0.3) is 5.76 Å². The first-order valence-corrected chi connectivity index (χ1v) is 11.3. The van der Waals surface area contributed by atoms with Crippen LogP contribution in [-0.4, -0.2) is 23.9 Å². The lowest BCUT2D eigenvalue weighted by molar-refractivity contribution is -0.132. The number of halogens is 1. The second-order valence-electron chi connectivity index (χ2n) is 7.75. The molecule has 32 heavy (non-hydrogen) atoms. The number of methoxy groups -OCH3 is 1. The number of aryl methyl sites for hydroxylation is 3. The van der Waals surface area contributed by atoms with Crippen LogP contribution in [0, 0.1) is 20.8 Å². The number of benzene rings is 2. The number of Topliss-reactive ketones (excluding diaryl/α,β-unsaturated/α-hetero) is 1. The molecule has 7 heteroatoms. The number of carbonyl (C=O) groups is 2. The SMILES string of the molecule is COc1ccc(Cl)c(/C(O)=C2/C(=O)C(=O)N(c3ccc(C)c(C)c3)C2c2sccc2C)c1. The molecule has 3 aromatic rings. The van der Waals surface area contributed by atoms with Crippen molar-refractivity contribution in [3.8, 4) is 5.75 Å². The Hall–Kier alpha value is -3.09. The summed E-state index contributed by atoms with van der Waals surface area (Å²) in [6.45, 7) is 5.86. The monoisotopic (exact) mass is 467 g/mol. The zero-order valence-corrected chi connectivity index (χ0v) is 19.7. The predicted molar refractivity (Wildman–Crippen MR) is 128 cm³/mol. The smallest absolute Gasteiger partial charge is 0.300 e. The first-order chi connectivity index (χ1) is 15.2. The van der Waals surface area contributed by atoms with Crippen LogP contribution in [0.3, 0.4) is 0 Å². The Labute approximate surface area is 195 Å². The lowest BCUT2D eigenvalue weighted by Gasteiger charge is -2.25. The van der Waals surface area contributed by atoms with Crippen molar-refractivity contribution in [2.75, 3.05) is 12.0 Å². The molecule has 1 aliphatic rings. The molecule has 1 aromatic heterocycles. The van der Waals surface area contributed by atoms with Gasteiger partial charge in [0.2, 0.25) is 0 Å². The summed E-state index contributed by atoms with van der Waals surface area (Å²) in [7, 11) is 1.50. The Morgan fingerprint density at radius 2 is 1.78 bits per heavy atom. The molecule has 0 saturated carbocycles. The number of hydrogen-bond donors (Lipinski definition) is 1. The zero-order chi connectivity index (χ0) is 23.2. The normalized spacial score (nSPS) is 17.8. The van der Waals surface area contributed by atoms with E-state index in [0.717, 1.165) is 21.6 Å². The van der Waals surface area contributed by atoms with Gasteiger partial charge in [-0.2, -0.15) is 0 Å². The minimum absolute atomic E-state index is 0.00827. The molecule has 0 spiro atoms. The van der Waals surface area contributed by atoms with E-state index in [1.165, 1.54) is 23.3 Å². The lowest BCUT2D eigenvalue weighted by atomic mass is 9.98. The molecule has 1 fully saturated rings. The van der Waals surface area contributed by atoms with Gasteiger partial charge in [0.05, 0.1) is 17.7 Å². The number of aliphatic hydroxyl groups excluding tert-OH is 1. The fourth-order valence-electron chi connectivity index (χ4n) is 3.84. The van der Waals surface area contributed by atoms with Crippen LogP contribution < -0.4 is 9.64 Å². The van der Waals surface area contributed by atoms with Gasteiger partial charge in [0, 0.05) is 16.1 Å². The van der Waals surface area contributed by atoms with E-state index in [1.54, 1.807) is 18.2 Å². The van der Waals surface area contributed by atoms with E-state index in [-0.39, 0.29) is 21.9 Å². The van der Waals surface area contributed by atoms with Crippen molar-refractivity contribution >= 4 is 46.1 Å². The summed E-state index contributed by atoms with van der Waals surface area (Å²) < 4.78 is 5.25. The standard InChI is InChI=1S/C25H22ClNO4S/c1-13-5-6-16(11-15(13)3)27-21(24-14(2)9-10-32-24)20(23(29)25(27)30)22(28)18-12-17(31-4)7-8-19(18)26/h5-12,21,28H,1-4H3/b22-20-. The van der Waals surface area contributed by atoms with E-state index in [0.29, 0.717) is 11.4 Å². The van der Waals surface area contributed by atoms with Gasteiger partial charge in [-0.25, -0.2) is 0 Å². The molecular formula is C25H22ClNO4S. The first-order valence-electron chi connectivity index (χ1n) is 10.0. The number of amides is 1. The van der Waals surface area contributed by atoms with E-state index in [2.05, 4.69) is 0 Å². The highest BCUT2D eigenvalue weighted by Crippen LogP contribution is 2.45. The molecule has 1 unspecified atom stereocenters. The summed E-state index contributed by atoms with van der Waals surface area (Å²) in [5, 5.41) is 13.4. The Bertz CT molecular complexity index is 1280. The van der Waals surface area contributed by atoms with Crippen molar-refractivity contribution < 1.29 is 19.4 Å². The van der Waals surface area contributed by atoms with E-state index in [1.807, 2.05) is 50.4 Å². The number of ether oxygens (including phenoxy) is 1. The van der Waals surface area contributed by atoms with E-state index in [9.17, 15) is 14.7 Å². The summed E-state index contributed by atoms with van der Waals surface area (Å²) in [5.41, 5.74) is 3.86. The highest BCUT2D eigenvalue weighted by Gasteiger charge is 2.48. The molecule has 4 rings (SSSR count). The topological polar surface area (TPSA) is 66.8 Å². The molecular weight excluding hydrogens is 446 g/mol. The molecule has 0 bridgehead atoms. The van der Waals surface area contributed by atoms with Gasteiger partial charge < -0.3 is 9.84 Å². The van der Waals surface area contributed by atoms with Gasteiger partial charge >= 0.3 is 0 Å². The van der Waals surface area contributed by atoms with Crippen LogP contribution in [0.1, 0.15) is 33.2 Å². The lowest BCUT2D eigenvalue weighted by Crippen LogP contribution is -2.29. The van der Waals surface area contributed by atoms with Gasteiger partial charge in [-0.15, -0.1) is 11.3 Å². The first kappa shape index (κ1) is 22.1. The molecule has 0 aliphatic carbocycles. The Morgan fingerprint density at radius 3 is 2.41 bits per heavy atom. The number of anilines is 1. The fraction of sp³-hybridized carbons (Fsp3) is 0.200. The van der Waals surface area contributed by atoms with E-state index >= 15 is 0 Å². The quantitative estimate of drug-likeness (QED) is 0.292. The molecule has 5 nitrogen and oxygen atoms in total. The predicted octanol–water partition coefficient (Wildman–Crippen LogP) is 5.96. The van der Waals surface area contributed by atoms with Crippen LogP contribution in [0.4, 0.5) is 5.69 Å². The highest BCUT2D eigenvalue weighted by atomic mass is 35.5. The number of thiophene rings is 1. The summed E-state index contributed by atoms with van der Waals surface area (Å²) in [4.78, 5) is 28.8. The minimum atomic E-state index is -0.764. The molecule has 2 heterocycles. The number of carbonyl (C=O) groups excluding carboxylic acids is 2. The van der Waals surface area contributed by atoms with Gasteiger partial charge in [0.1, 0.15) is 17.6 Å². The number of rotatable bonds is 4. The fourth-order valence-corrected chi connectivity index (χ4v) is 5.08. The average Bonchev–Trinajstić information content (AvgIpc) is 3.30. The maximum atomic E-state index is 13.3. The minimum Gasteiger partial charge on any atom is -0.507 e. The average molecular weight is 468 g/mol. The second kappa shape index (κ2) is 8.45. The zero-order valence-electron chi connectivity index (χ0n) is 18.1. The molecule has 0 radical (unpaired) electrons. The van der Waals surface area contributed by atoms with Crippen LogP contribution in [-0.2, 0) is 9.59 Å².